The maximum absolute atomic E-state index is 7.20. The molecule has 2 aromatic carbocycles. The maximum atomic E-state index is 7.20. The third kappa shape index (κ3) is 3.24. The fraction of sp³-hybridized carbons (Fsp3) is 0.286. The van der Waals surface area contributed by atoms with E-state index in [4.69, 9.17) is 11.3 Å². The van der Waals surface area contributed by atoms with Gasteiger partial charge in [0.25, 0.3) is 0 Å². The summed E-state index contributed by atoms with van der Waals surface area (Å²) in [5.41, 5.74) is 4.43. The molecule has 2 unspecified atom stereocenters. The number of aromatic nitrogens is 1. The largest absolute Gasteiger partial charge is 0.497 e. The Morgan fingerprint density at radius 2 is 2.20 bits per heavy atom. The van der Waals surface area contributed by atoms with Crippen molar-refractivity contribution in [3.63, 3.8) is 0 Å². The van der Waals surface area contributed by atoms with E-state index in [-0.39, 0.29) is 0 Å². The van der Waals surface area contributed by atoms with Crippen LogP contribution in [0.5, 0.6) is 5.75 Å². The highest BCUT2D eigenvalue weighted by Gasteiger charge is 2.39. The number of nitrogens with zero attached hydrogens (tertiary/aromatic N) is 1. The number of nitrogens with one attached hydrogen (secondary N) is 2. The minimum atomic E-state index is 0.590. The Morgan fingerprint density at radius 1 is 1.28 bits per heavy atom. The lowest BCUT2D eigenvalue weighted by Crippen LogP contribution is -2.16. The van der Waals surface area contributed by atoms with Crippen LogP contribution in [-0.2, 0) is 6.54 Å². The van der Waals surface area contributed by atoms with Gasteiger partial charge in [-0.3, -0.25) is 0 Å². The minimum Gasteiger partial charge on any atom is -0.497 e. The average molecular weight is 331 g/mol. The zero-order valence-electron chi connectivity index (χ0n) is 14.3. The molecule has 1 aliphatic carbocycles. The number of hydrogen-bond acceptors (Lipinski definition) is 2. The van der Waals surface area contributed by atoms with Crippen molar-refractivity contribution in [1.82, 2.24) is 10.3 Å². The standard InChI is InChI=1S/C21H21N3O/c1-22-16-6-7-21-19(10-16)20(13-24-21)18-9-15(18)12-23-11-14-4-3-5-17(8-14)25-2/h3-8,10,13,15,18,23-24H,9,11-12H2,2H3. The molecule has 1 fully saturated rings. The second kappa shape index (κ2) is 6.62. The first-order valence-corrected chi connectivity index (χ1v) is 8.60. The molecule has 0 amide bonds. The van der Waals surface area contributed by atoms with Gasteiger partial charge in [0.05, 0.1) is 13.7 Å². The second-order valence-corrected chi connectivity index (χ2v) is 6.67. The summed E-state index contributed by atoms with van der Waals surface area (Å²) in [6.45, 7) is 9.07. The molecule has 0 bridgehead atoms. The third-order valence-corrected chi connectivity index (χ3v) is 5.02. The molecule has 1 aromatic heterocycles. The Kier molecular flexibility index (Phi) is 4.17. The number of benzene rings is 2. The molecule has 0 saturated heterocycles. The Labute approximate surface area is 147 Å². The summed E-state index contributed by atoms with van der Waals surface area (Å²) in [7, 11) is 1.70. The van der Waals surface area contributed by atoms with Crippen molar-refractivity contribution >= 4 is 16.6 Å². The molecule has 0 spiro atoms. The number of H-pyrrole nitrogens is 1. The van der Waals surface area contributed by atoms with Gasteiger partial charge in [-0.05, 0) is 65.6 Å². The van der Waals surface area contributed by atoms with E-state index in [1.165, 1.54) is 22.9 Å². The van der Waals surface area contributed by atoms with Crippen LogP contribution in [0.1, 0.15) is 23.5 Å². The van der Waals surface area contributed by atoms with Crippen LogP contribution in [-0.4, -0.2) is 18.6 Å². The predicted molar refractivity (Wildman–Crippen MR) is 100 cm³/mol. The zero-order chi connectivity index (χ0) is 17.2. The molecule has 126 valence electrons. The molecule has 0 aliphatic heterocycles. The molecule has 4 heteroatoms. The molecule has 25 heavy (non-hydrogen) atoms. The highest BCUT2D eigenvalue weighted by molar-refractivity contribution is 5.87. The van der Waals surface area contributed by atoms with Crippen LogP contribution in [0.3, 0.4) is 0 Å². The molecule has 0 radical (unpaired) electrons. The molecule has 1 aliphatic rings. The summed E-state index contributed by atoms with van der Waals surface area (Å²) in [4.78, 5) is 6.89. The van der Waals surface area contributed by atoms with Crippen molar-refractivity contribution < 1.29 is 4.74 Å². The summed E-state index contributed by atoms with van der Waals surface area (Å²) in [5.74, 6) is 2.16. The molecular weight excluding hydrogens is 310 g/mol. The number of ether oxygens (including phenoxy) is 1. The van der Waals surface area contributed by atoms with Crippen LogP contribution in [0.2, 0.25) is 0 Å². The molecule has 2 atom stereocenters. The van der Waals surface area contributed by atoms with Gasteiger partial charge in [0.1, 0.15) is 5.75 Å². The van der Waals surface area contributed by atoms with Gasteiger partial charge in [0.2, 0.25) is 0 Å². The van der Waals surface area contributed by atoms with Crippen LogP contribution in [0.25, 0.3) is 15.7 Å². The van der Waals surface area contributed by atoms with Gasteiger partial charge in [-0.2, -0.15) is 0 Å². The summed E-state index contributed by atoms with van der Waals surface area (Å²) < 4.78 is 5.27. The van der Waals surface area contributed by atoms with E-state index in [0.717, 1.165) is 24.4 Å². The number of aromatic amines is 1. The molecule has 4 rings (SSSR count). The van der Waals surface area contributed by atoms with Crippen LogP contribution >= 0.6 is 0 Å². The zero-order valence-corrected chi connectivity index (χ0v) is 14.3. The molecular formula is C21H21N3O. The van der Waals surface area contributed by atoms with Crippen LogP contribution in [0.15, 0.2) is 48.7 Å². The molecule has 1 heterocycles. The Bertz CT molecular complexity index is 938. The first kappa shape index (κ1) is 15.7. The van der Waals surface area contributed by atoms with Crippen molar-refractivity contribution in [2.24, 2.45) is 5.92 Å². The van der Waals surface area contributed by atoms with Gasteiger partial charge in [-0.15, -0.1) is 0 Å². The number of fused-ring (bicyclic) bond motifs is 1. The van der Waals surface area contributed by atoms with Gasteiger partial charge >= 0.3 is 0 Å². The highest BCUT2D eigenvalue weighted by Crippen LogP contribution is 2.49. The Hall–Kier alpha value is -2.77. The first-order chi connectivity index (χ1) is 12.3. The van der Waals surface area contributed by atoms with Crippen molar-refractivity contribution in [3.05, 3.63) is 71.2 Å². The summed E-state index contributed by atoms with van der Waals surface area (Å²) in [5, 5.41) is 4.77. The highest BCUT2D eigenvalue weighted by atomic mass is 16.5. The SMILES string of the molecule is [C-]#[N+]c1ccc2[nH]cc(C3CC3CNCc3cccc(OC)c3)c2c1. The van der Waals surface area contributed by atoms with Crippen molar-refractivity contribution in [2.75, 3.05) is 13.7 Å². The van der Waals surface area contributed by atoms with E-state index < -0.39 is 0 Å². The lowest BCUT2D eigenvalue weighted by Gasteiger charge is -2.06. The molecule has 3 aromatic rings. The average Bonchev–Trinajstić information content (AvgIpc) is 3.29. The monoisotopic (exact) mass is 331 g/mol. The van der Waals surface area contributed by atoms with Crippen LogP contribution in [0, 0.1) is 12.5 Å². The lowest BCUT2D eigenvalue weighted by atomic mass is 10.1. The number of hydrogen-bond donors (Lipinski definition) is 2. The normalized spacial score (nSPS) is 18.9. The minimum absolute atomic E-state index is 0.590. The van der Waals surface area contributed by atoms with Gasteiger partial charge in [0.15, 0.2) is 5.69 Å². The van der Waals surface area contributed by atoms with E-state index in [1.54, 1.807) is 7.11 Å². The number of methoxy groups -OCH3 is 1. The topological polar surface area (TPSA) is 41.4 Å². The Morgan fingerprint density at radius 3 is 3.04 bits per heavy atom. The Balaban J connectivity index is 1.37. The molecule has 2 N–H and O–H groups in total. The summed E-state index contributed by atoms with van der Waals surface area (Å²) in [6, 6.07) is 14.1. The number of rotatable bonds is 6. The quantitative estimate of drug-likeness (QED) is 0.647. The van der Waals surface area contributed by atoms with Crippen molar-refractivity contribution in [1.29, 1.82) is 0 Å². The second-order valence-electron chi connectivity index (χ2n) is 6.67. The maximum Gasteiger partial charge on any atom is 0.187 e. The van der Waals surface area contributed by atoms with Crippen LogP contribution in [0.4, 0.5) is 5.69 Å². The van der Waals surface area contributed by atoms with E-state index in [2.05, 4.69) is 33.5 Å². The smallest absolute Gasteiger partial charge is 0.187 e. The van der Waals surface area contributed by atoms with Crippen molar-refractivity contribution in [2.45, 2.75) is 18.9 Å². The molecule has 1 saturated carbocycles. The fourth-order valence-corrected chi connectivity index (χ4v) is 3.54. The van der Waals surface area contributed by atoms with Gasteiger partial charge in [-0.1, -0.05) is 18.2 Å². The van der Waals surface area contributed by atoms with E-state index in [0.29, 0.717) is 17.5 Å². The lowest BCUT2D eigenvalue weighted by molar-refractivity contribution is 0.414. The molecule has 4 nitrogen and oxygen atoms in total. The van der Waals surface area contributed by atoms with E-state index in [9.17, 15) is 0 Å². The summed E-state index contributed by atoms with van der Waals surface area (Å²) in [6.07, 6.45) is 3.32. The first-order valence-electron chi connectivity index (χ1n) is 8.60. The summed E-state index contributed by atoms with van der Waals surface area (Å²) >= 11 is 0. The fourth-order valence-electron chi connectivity index (χ4n) is 3.54. The van der Waals surface area contributed by atoms with Crippen LogP contribution < -0.4 is 10.1 Å². The van der Waals surface area contributed by atoms with Crippen molar-refractivity contribution in [3.8, 4) is 5.75 Å². The van der Waals surface area contributed by atoms with Gasteiger partial charge < -0.3 is 15.0 Å². The van der Waals surface area contributed by atoms with Gasteiger partial charge in [-0.25, -0.2) is 4.85 Å². The third-order valence-electron chi connectivity index (χ3n) is 5.02. The van der Waals surface area contributed by atoms with Gasteiger partial charge in [0, 0.05) is 18.3 Å². The van der Waals surface area contributed by atoms with E-state index in [1.807, 2.05) is 30.3 Å². The van der Waals surface area contributed by atoms with E-state index >= 15 is 0 Å². The predicted octanol–water partition coefficient (Wildman–Crippen LogP) is 4.62.